The van der Waals surface area contributed by atoms with Crippen LogP contribution in [0.25, 0.3) is 0 Å². The van der Waals surface area contributed by atoms with Crippen molar-refractivity contribution in [3.05, 3.63) is 33.8 Å². The largest absolute Gasteiger partial charge is 0.467 e. The highest BCUT2D eigenvalue weighted by molar-refractivity contribution is 6.35. The molecule has 0 aromatic heterocycles. The van der Waals surface area contributed by atoms with Gasteiger partial charge in [0.05, 0.1) is 7.11 Å². The van der Waals surface area contributed by atoms with Crippen molar-refractivity contribution < 1.29 is 14.3 Å². The molecule has 1 atom stereocenters. The van der Waals surface area contributed by atoms with Gasteiger partial charge in [0, 0.05) is 23.4 Å². The molecule has 6 heteroatoms. The summed E-state index contributed by atoms with van der Waals surface area (Å²) >= 11 is 11.8. The maximum Gasteiger partial charge on any atom is 0.328 e. The fraction of sp³-hybridized carbons (Fsp3) is 0.333. The monoisotopic (exact) mass is 289 g/mol. The van der Waals surface area contributed by atoms with Gasteiger partial charge in [-0.25, -0.2) is 4.79 Å². The van der Waals surface area contributed by atoms with Crippen molar-refractivity contribution in [2.45, 2.75) is 19.4 Å². The van der Waals surface area contributed by atoms with Crippen LogP contribution in [0.3, 0.4) is 0 Å². The second kappa shape index (κ2) is 6.61. The molecule has 1 N–H and O–H groups in total. The minimum absolute atomic E-state index is 0.252. The van der Waals surface area contributed by atoms with Gasteiger partial charge in [0.15, 0.2) is 0 Å². The topological polar surface area (TPSA) is 55.4 Å². The molecule has 1 rings (SSSR count). The Morgan fingerprint density at radius 3 is 2.56 bits per heavy atom. The summed E-state index contributed by atoms with van der Waals surface area (Å²) in [6.45, 7) is 1.33. The van der Waals surface area contributed by atoms with Crippen LogP contribution < -0.4 is 5.32 Å². The van der Waals surface area contributed by atoms with Crippen molar-refractivity contribution in [2.24, 2.45) is 0 Å². The Hall–Kier alpha value is -1.26. The zero-order valence-corrected chi connectivity index (χ0v) is 11.5. The molecule has 1 amide bonds. The lowest BCUT2D eigenvalue weighted by Gasteiger charge is -2.16. The van der Waals surface area contributed by atoms with Crippen molar-refractivity contribution >= 4 is 35.1 Å². The van der Waals surface area contributed by atoms with Crippen LogP contribution in [-0.2, 0) is 20.7 Å². The van der Waals surface area contributed by atoms with Gasteiger partial charge in [-0.3, -0.25) is 4.79 Å². The van der Waals surface area contributed by atoms with Crippen LogP contribution in [0.4, 0.5) is 0 Å². The number of carbonyl (C=O) groups is 2. The molecule has 0 aliphatic heterocycles. The van der Waals surface area contributed by atoms with E-state index in [0.717, 1.165) is 0 Å². The van der Waals surface area contributed by atoms with Gasteiger partial charge < -0.3 is 10.1 Å². The zero-order valence-electron chi connectivity index (χ0n) is 10.00. The fourth-order valence-corrected chi connectivity index (χ4v) is 1.97. The lowest BCUT2D eigenvalue weighted by atomic mass is 10.1. The van der Waals surface area contributed by atoms with E-state index in [1.54, 1.807) is 18.2 Å². The van der Waals surface area contributed by atoms with Gasteiger partial charge in [0.2, 0.25) is 5.91 Å². The Bertz CT molecular complexity index is 463. The Labute approximate surface area is 115 Å². The van der Waals surface area contributed by atoms with Gasteiger partial charge in [0.1, 0.15) is 6.04 Å². The van der Waals surface area contributed by atoms with E-state index in [0.29, 0.717) is 15.6 Å². The Balaban J connectivity index is 2.88. The predicted octanol–water partition coefficient (Wildman–Crippen LogP) is 2.21. The SMILES string of the molecule is COC(=O)[C@H](Cc1ccc(Cl)cc1Cl)NC(C)=O. The lowest BCUT2D eigenvalue weighted by molar-refractivity contribution is -0.144. The Morgan fingerprint density at radius 1 is 1.39 bits per heavy atom. The van der Waals surface area contributed by atoms with Crippen molar-refractivity contribution in [3.63, 3.8) is 0 Å². The molecule has 4 nitrogen and oxygen atoms in total. The maximum absolute atomic E-state index is 11.5. The molecule has 1 aromatic carbocycles. The maximum atomic E-state index is 11.5. The molecule has 0 aliphatic rings. The molecule has 0 radical (unpaired) electrons. The average Bonchev–Trinajstić information content (AvgIpc) is 2.30. The van der Waals surface area contributed by atoms with E-state index in [1.165, 1.54) is 14.0 Å². The first-order chi connectivity index (χ1) is 8.43. The van der Waals surface area contributed by atoms with Gasteiger partial charge in [-0.2, -0.15) is 0 Å². The molecule has 0 saturated carbocycles. The summed E-state index contributed by atoms with van der Waals surface area (Å²) in [6.07, 6.45) is 0.252. The minimum atomic E-state index is -0.758. The van der Waals surface area contributed by atoms with Crippen LogP contribution in [0.15, 0.2) is 18.2 Å². The number of rotatable bonds is 4. The van der Waals surface area contributed by atoms with Crippen LogP contribution in [0.5, 0.6) is 0 Å². The number of ether oxygens (including phenoxy) is 1. The van der Waals surface area contributed by atoms with E-state index in [-0.39, 0.29) is 12.3 Å². The lowest BCUT2D eigenvalue weighted by Crippen LogP contribution is -2.42. The fourth-order valence-electron chi connectivity index (χ4n) is 1.49. The van der Waals surface area contributed by atoms with Gasteiger partial charge in [-0.15, -0.1) is 0 Å². The van der Waals surface area contributed by atoms with E-state index >= 15 is 0 Å². The highest BCUT2D eigenvalue weighted by atomic mass is 35.5. The summed E-state index contributed by atoms with van der Waals surface area (Å²) < 4.78 is 4.63. The van der Waals surface area contributed by atoms with Gasteiger partial charge >= 0.3 is 5.97 Å². The average molecular weight is 290 g/mol. The van der Waals surface area contributed by atoms with Crippen molar-refractivity contribution in [2.75, 3.05) is 7.11 Å². The molecule has 0 bridgehead atoms. The number of benzene rings is 1. The second-order valence-corrected chi connectivity index (χ2v) is 4.56. The molecule has 0 unspecified atom stereocenters. The Morgan fingerprint density at radius 2 is 2.06 bits per heavy atom. The van der Waals surface area contributed by atoms with E-state index < -0.39 is 12.0 Å². The molecule has 0 heterocycles. The molecule has 1 aromatic rings. The summed E-state index contributed by atoms with van der Waals surface area (Å²) in [4.78, 5) is 22.6. The first-order valence-electron chi connectivity index (χ1n) is 5.23. The molecule has 98 valence electrons. The number of halogens is 2. The summed E-state index contributed by atoms with van der Waals surface area (Å²) in [7, 11) is 1.26. The highest BCUT2D eigenvalue weighted by Crippen LogP contribution is 2.22. The molecule has 18 heavy (non-hydrogen) atoms. The number of carbonyl (C=O) groups excluding carboxylic acids is 2. The number of hydrogen-bond donors (Lipinski definition) is 1. The van der Waals surface area contributed by atoms with Crippen LogP contribution in [0.2, 0.25) is 10.0 Å². The smallest absolute Gasteiger partial charge is 0.328 e. The second-order valence-electron chi connectivity index (χ2n) is 3.72. The van der Waals surface area contributed by atoms with Crippen LogP contribution in [0.1, 0.15) is 12.5 Å². The first kappa shape index (κ1) is 14.8. The molecular weight excluding hydrogens is 277 g/mol. The number of methoxy groups -OCH3 is 1. The number of esters is 1. The molecule has 0 spiro atoms. The summed E-state index contributed by atoms with van der Waals surface area (Å²) in [5.41, 5.74) is 0.713. The van der Waals surface area contributed by atoms with Crippen molar-refractivity contribution in [3.8, 4) is 0 Å². The third-order valence-electron chi connectivity index (χ3n) is 2.30. The molecule has 0 aliphatic carbocycles. The van der Waals surface area contributed by atoms with Gasteiger partial charge in [0.25, 0.3) is 0 Å². The van der Waals surface area contributed by atoms with Crippen molar-refractivity contribution in [1.29, 1.82) is 0 Å². The summed E-state index contributed by atoms with van der Waals surface area (Å²) in [5, 5.41) is 3.47. The summed E-state index contributed by atoms with van der Waals surface area (Å²) in [6, 6.07) is 4.21. The van der Waals surface area contributed by atoms with Gasteiger partial charge in [-0.1, -0.05) is 29.3 Å². The van der Waals surface area contributed by atoms with Crippen LogP contribution >= 0.6 is 23.2 Å². The van der Waals surface area contributed by atoms with Crippen molar-refractivity contribution in [1.82, 2.24) is 5.32 Å². The number of amides is 1. The molecular formula is C12H13Cl2NO3. The van der Waals surface area contributed by atoms with Crippen LogP contribution in [0, 0.1) is 0 Å². The number of hydrogen-bond acceptors (Lipinski definition) is 3. The van der Waals surface area contributed by atoms with Crippen LogP contribution in [-0.4, -0.2) is 25.0 Å². The first-order valence-corrected chi connectivity index (χ1v) is 5.98. The third kappa shape index (κ3) is 4.20. The minimum Gasteiger partial charge on any atom is -0.467 e. The predicted molar refractivity (Wildman–Crippen MR) is 69.8 cm³/mol. The highest BCUT2D eigenvalue weighted by Gasteiger charge is 2.21. The zero-order chi connectivity index (χ0) is 13.7. The third-order valence-corrected chi connectivity index (χ3v) is 2.89. The van der Waals surface area contributed by atoms with E-state index in [2.05, 4.69) is 10.1 Å². The molecule has 0 fully saturated rings. The quantitative estimate of drug-likeness (QED) is 0.865. The number of nitrogens with one attached hydrogen (secondary N) is 1. The molecule has 0 saturated heterocycles. The van der Waals surface area contributed by atoms with E-state index in [1.807, 2.05) is 0 Å². The standard InChI is InChI=1S/C12H13Cl2NO3/c1-7(16)15-11(12(17)18-2)5-8-3-4-9(13)6-10(8)14/h3-4,6,11H,5H2,1-2H3,(H,15,16)/t11-/m0/s1. The van der Waals surface area contributed by atoms with Gasteiger partial charge in [-0.05, 0) is 17.7 Å². The normalized spacial score (nSPS) is 11.8. The van der Waals surface area contributed by atoms with E-state index in [9.17, 15) is 9.59 Å². The Kier molecular flexibility index (Phi) is 5.44. The van der Waals surface area contributed by atoms with E-state index in [4.69, 9.17) is 23.2 Å². The summed E-state index contributed by atoms with van der Waals surface area (Å²) in [5.74, 6) is -0.827.